The Morgan fingerprint density at radius 3 is 2.45 bits per heavy atom. The molecular formula is C22H18ClF3N4O3. The lowest BCUT2D eigenvalue weighted by molar-refractivity contribution is -0.274. The number of nitrogens with one attached hydrogen (secondary N) is 1. The molecule has 0 radical (unpaired) electrons. The Morgan fingerprint density at radius 1 is 1.15 bits per heavy atom. The quantitative estimate of drug-likeness (QED) is 0.507. The van der Waals surface area contributed by atoms with Crippen molar-refractivity contribution < 1.29 is 27.5 Å². The number of aryl methyl sites for hydroxylation is 1. The van der Waals surface area contributed by atoms with Crippen molar-refractivity contribution in [2.75, 3.05) is 16.8 Å². The van der Waals surface area contributed by atoms with Gasteiger partial charge in [0.15, 0.2) is 5.82 Å². The maximum absolute atomic E-state index is 12.8. The molecule has 0 bridgehead atoms. The largest absolute Gasteiger partial charge is 0.573 e. The van der Waals surface area contributed by atoms with Crippen LogP contribution < -0.4 is 20.7 Å². The summed E-state index contributed by atoms with van der Waals surface area (Å²) >= 11 is 6.25. The molecule has 0 fully saturated rings. The van der Waals surface area contributed by atoms with Gasteiger partial charge in [-0.25, -0.2) is 4.98 Å². The number of rotatable bonds is 7. The molecule has 0 aliphatic heterocycles. The maximum atomic E-state index is 12.8. The zero-order valence-corrected chi connectivity index (χ0v) is 17.9. The van der Waals surface area contributed by atoms with Gasteiger partial charge in [-0.2, -0.15) is 0 Å². The molecule has 3 aromatic rings. The molecule has 0 saturated carbocycles. The number of aromatic nitrogens is 1. The molecule has 0 saturated heterocycles. The van der Waals surface area contributed by atoms with Crippen molar-refractivity contribution in [1.29, 1.82) is 0 Å². The van der Waals surface area contributed by atoms with Gasteiger partial charge in [0, 0.05) is 23.1 Å². The molecule has 3 rings (SSSR count). The van der Waals surface area contributed by atoms with E-state index in [1.165, 1.54) is 23.2 Å². The van der Waals surface area contributed by atoms with E-state index >= 15 is 0 Å². The Hall–Kier alpha value is -3.79. The highest BCUT2D eigenvalue weighted by Crippen LogP contribution is 2.32. The van der Waals surface area contributed by atoms with Gasteiger partial charge in [0.1, 0.15) is 12.3 Å². The van der Waals surface area contributed by atoms with E-state index in [0.717, 1.165) is 17.7 Å². The number of nitrogens with zero attached hydrogens (tertiary/aromatic N) is 2. The highest BCUT2D eigenvalue weighted by atomic mass is 35.5. The van der Waals surface area contributed by atoms with E-state index in [-0.39, 0.29) is 22.8 Å². The van der Waals surface area contributed by atoms with E-state index in [1.54, 1.807) is 37.3 Å². The van der Waals surface area contributed by atoms with E-state index in [2.05, 4.69) is 15.0 Å². The first-order valence-corrected chi connectivity index (χ1v) is 9.85. The lowest BCUT2D eigenvalue weighted by Crippen LogP contribution is -2.31. The van der Waals surface area contributed by atoms with E-state index in [9.17, 15) is 22.8 Å². The average Bonchev–Trinajstić information content (AvgIpc) is 2.73. The third-order valence-electron chi connectivity index (χ3n) is 4.42. The SMILES string of the molecule is Cc1ccc(C(=O)Nc2ccc(OC(F)(F)F)cc2)cc1N(CC(N)=O)c1ncccc1Cl. The summed E-state index contributed by atoms with van der Waals surface area (Å²) in [6.45, 7) is 1.55. The Morgan fingerprint density at radius 2 is 1.85 bits per heavy atom. The standard InChI is InChI=1S/C22H18ClF3N4O3/c1-13-4-5-14(21(32)29-15-6-8-16(9-7-15)33-22(24,25)26)11-18(13)30(12-19(27)31)20-17(23)3-2-10-28-20/h2-11H,12H2,1H3,(H2,27,31)(H,29,32). The van der Waals surface area contributed by atoms with Crippen LogP contribution in [0.4, 0.5) is 30.4 Å². The summed E-state index contributed by atoms with van der Waals surface area (Å²) < 4.78 is 40.7. The van der Waals surface area contributed by atoms with Crippen LogP contribution in [-0.2, 0) is 4.79 Å². The minimum atomic E-state index is -4.81. The van der Waals surface area contributed by atoms with Gasteiger partial charge < -0.3 is 20.7 Å². The predicted molar refractivity (Wildman–Crippen MR) is 118 cm³/mol. The van der Waals surface area contributed by atoms with Crippen LogP contribution in [0.1, 0.15) is 15.9 Å². The fourth-order valence-electron chi connectivity index (χ4n) is 2.99. The molecular weight excluding hydrogens is 461 g/mol. The molecule has 0 spiro atoms. The molecule has 1 aromatic heterocycles. The van der Waals surface area contributed by atoms with Crippen molar-refractivity contribution in [3.63, 3.8) is 0 Å². The topological polar surface area (TPSA) is 97.5 Å². The summed E-state index contributed by atoms with van der Waals surface area (Å²) in [4.78, 5) is 30.2. The maximum Gasteiger partial charge on any atom is 0.573 e. The first-order valence-electron chi connectivity index (χ1n) is 9.47. The summed E-state index contributed by atoms with van der Waals surface area (Å²) in [5, 5.41) is 2.88. The van der Waals surface area contributed by atoms with Gasteiger partial charge in [0.25, 0.3) is 5.91 Å². The Kier molecular flexibility index (Phi) is 7.07. The number of hydrogen-bond acceptors (Lipinski definition) is 5. The average molecular weight is 479 g/mol. The van der Waals surface area contributed by atoms with Gasteiger partial charge in [-0.15, -0.1) is 13.2 Å². The van der Waals surface area contributed by atoms with Gasteiger partial charge in [0.05, 0.1) is 5.02 Å². The number of hydrogen-bond donors (Lipinski definition) is 2. The number of nitrogens with two attached hydrogens (primary N) is 1. The molecule has 0 aliphatic carbocycles. The van der Waals surface area contributed by atoms with Crippen LogP contribution in [0.5, 0.6) is 5.75 Å². The second kappa shape index (κ2) is 9.78. The molecule has 3 N–H and O–H groups in total. The number of alkyl halides is 3. The van der Waals surface area contributed by atoms with Gasteiger partial charge in [-0.1, -0.05) is 17.7 Å². The highest BCUT2D eigenvalue weighted by molar-refractivity contribution is 6.33. The van der Waals surface area contributed by atoms with Crippen molar-refractivity contribution in [2.24, 2.45) is 5.73 Å². The van der Waals surface area contributed by atoms with Crippen molar-refractivity contribution in [2.45, 2.75) is 13.3 Å². The number of halogens is 4. The molecule has 33 heavy (non-hydrogen) atoms. The Balaban J connectivity index is 1.87. The Bertz CT molecular complexity index is 1170. The first kappa shape index (κ1) is 23.9. The number of pyridine rings is 1. The number of anilines is 3. The molecule has 0 aliphatic rings. The summed E-state index contributed by atoms with van der Waals surface area (Å²) in [5.41, 5.74) is 7.11. The van der Waals surface area contributed by atoms with Crippen LogP contribution in [0.25, 0.3) is 0 Å². The second-order valence-corrected chi connectivity index (χ2v) is 7.30. The van der Waals surface area contributed by atoms with E-state index < -0.39 is 23.9 Å². The molecule has 1 heterocycles. The zero-order chi connectivity index (χ0) is 24.2. The van der Waals surface area contributed by atoms with Crippen LogP contribution in [0.15, 0.2) is 60.8 Å². The number of carbonyl (C=O) groups is 2. The number of amides is 2. The minimum absolute atomic E-state index is 0.229. The normalized spacial score (nSPS) is 11.1. The number of ether oxygens (including phenoxy) is 1. The fourth-order valence-corrected chi connectivity index (χ4v) is 3.21. The van der Waals surface area contributed by atoms with E-state index in [0.29, 0.717) is 11.5 Å². The van der Waals surface area contributed by atoms with Gasteiger partial charge >= 0.3 is 6.36 Å². The van der Waals surface area contributed by atoms with Crippen molar-refractivity contribution in [3.05, 3.63) is 76.9 Å². The molecule has 11 heteroatoms. The summed E-state index contributed by atoms with van der Waals surface area (Å²) in [6.07, 6.45) is -3.30. The molecule has 172 valence electrons. The van der Waals surface area contributed by atoms with Gasteiger partial charge in [-0.05, 0) is 61.0 Å². The number of carbonyl (C=O) groups excluding carboxylic acids is 2. The first-order chi connectivity index (χ1) is 15.5. The van der Waals surface area contributed by atoms with Crippen molar-refractivity contribution in [1.82, 2.24) is 4.98 Å². The monoisotopic (exact) mass is 478 g/mol. The van der Waals surface area contributed by atoms with E-state index in [1.807, 2.05) is 0 Å². The van der Waals surface area contributed by atoms with Gasteiger partial charge in [0.2, 0.25) is 5.91 Å². The number of benzene rings is 2. The van der Waals surface area contributed by atoms with E-state index in [4.69, 9.17) is 17.3 Å². The van der Waals surface area contributed by atoms with Crippen LogP contribution >= 0.6 is 11.6 Å². The molecule has 2 aromatic carbocycles. The minimum Gasteiger partial charge on any atom is -0.406 e. The van der Waals surface area contributed by atoms with Crippen LogP contribution in [0.3, 0.4) is 0 Å². The predicted octanol–water partition coefficient (Wildman–Crippen LogP) is 4.82. The van der Waals surface area contributed by atoms with Crippen molar-refractivity contribution in [3.8, 4) is 5.75 Å². The molecule has 2 amide bonds. The lowest BCUT2D eigenvalue weighted by atomic mass is 10.1. The summed E-state index contributed by atoms with van der Waals surface area (Å²) in [6, 6.07) is 12.8. The van der Waals surface area contributed by atoms with Crippen molar-refractivity contribution >= 4 is 40.6 Å². The number of primary amides is 1. The van der Waals surface area contributed by atoms with Gasteiger partial charge in [-0.3, -0.25) is 9.59 Å². The third kappa shape index (κ3) is 6.36. The van der Waals surface area contributed by atoms with Crippen LogP contribution in [0.2, 0.25) is 5.02 Å². The fraction of sp³-hybridized carbons (Fsp3) is 0.136. The Labute approximate surface area is 191 Å². The zero-order valence-electron chi connectivity index (χ0n) is 17.2. The smallest absolute Gasteiger partial charge is 0.406 e. The molecule has 7 nitrogen and oxygen atoms in total. The second-order valence-electron chi connectivity index (χ2n) is 6.89. The van der Waals surface area contributed by atoms with Crippen LogP contribution in [0, 0.1) is 6.92 Å². The third-order valence-corrected chi connectivity index (χ3v) is 4.71. The van der Waals surface area contributed by atoms with Crippen LogP contribution in [-0.4, -0.2) is 29.7 Å². The summed E-state index contributed by atoms with van der Waals surface area (Å²) in [5.74, 6) is -1.27. The molecule has 0 unspecified atom stereocenters. The lowest BCUT2D eigenvalue weighted by Gasteiger charge is -2.25. The molecule has 0 atom stereocenters. The highest BCUT2D eigenvalue weighted by Gasteiger charge is 2.31. The summed E-state index contributed by atoms with van der Waals surface area (Å²) in [7, 11) is 0.